The van der Waals surface area contributed by atoms with Gasteiger partial charge in [-0.25, -0.2) is 0 Å². The van der Waals surface area contributed by atoms with Crippen molar-refractivity contribution >= 4 is 23.3 Å². The number of fused-ring (bicyclic) bond motifs is 1. The summed E-state index contributed by atoms with van der Waals surface area (Å²) in [5.41, 5.74) is 2.06. The molecular weight excluding hydrogens is 328 g/mol. The minimum absolute atomic E-state index is 0.0984. The number of ether oxygens (including phenoxy) is 1. The minimum Gasteiger partial charge on any atom is -0.488 e. The van der Waals surface area contributed by atoms with Gasteiger partial charge in [0, 0.05) is 7.05 Å². The summed E-state index contributed by atoms with van der Waals surface area (Å²) in [5.74, 6) is 1.12. The summed E-state index contributed by atoms with van der Waals surface area (Å²) >= 11 is 5.75. The number of nitrogens with zero attached hydrogens (tertiary/aromatic N) is 4. The number of carbonyl (C=O) groups is 1. The van der Waals surface area contributed by atoms with E-state index in [0.29, 0.717) is 12.4 Å². The van der Waals surface area contributed by atoms with Gasteiger partial charge in [0.1, 0.15) is 17.2 Å². The Morgan fingerprint density at radius 1 is 1.46 bits per heavy atom. The molecule has 1 aromatic carbocycles. The number of halogens is 1. The summed E-state index contributed by atoms with van der Waals surface area (Å²) in [6.07, 6.45) is 3.64. The van der Waals surface area contributed by atoms with Gasteiger partial charge in [-0.1, -0.05) is 17.3 Å². The summed E-state index contributed by atoms with van der Waals surface area (Å²) in [5, 5.41) is 7.91. The van der Waals surface area contributed by atoms with Gasteiger partial charge in [0.2, 0.25) is 5.91 Å². The topological polar surface area (TPSA) is 60.2 Å². The first-order valence-electron chi connectivity index (χ1n) is 7.91. The number of alkyl halides is 1. The summed E-state index contributed by atoms with van der Waals surface area (Å²) in [6.45, 7) is 4.60. The zero-order valence-electron chi connectivity index (χ0n) is 14.1. The Morgan fingerprint density at radius 2 is 2.25 bits per heavy atom. The van der Waals surface area contributed by atoms with Gasteiger partial charge in [-0.15, -0.1) is 16.7 Å². The number of benzene rings is 1. The number of aryl methyl sites for hydroxylation is 2. The lowest BCUT2D eigenvalue weighted by Gasteiger charge is -2.33. The molecule has 0 saturated heterocycles. The second-order valence-electron chi connectivity index (χ2n) is 6.67. The van der Waals surface area contributed by atoms with Crippen molar-refractivity contribution in [2.24, 2.45) is 7.05 Å². The van der Waals surface area contributed by atoms with Gasteiger partial charge in [0.05, 0.1) is 12.7 Å². The van der Waals surface area contributed by atoms with Gasteiger partial charge in [-0.2, -0.15) is 0 Å². The van der Waals surface area contributed by atoms with E-state index in [0.717, 1.165) is 24.2 Å². The monoisotopic (exact) mass is 348 g/mol. The Hall–Kier alpha value is -2.08. The molecular formula is C17H21ClN4O2. The Morgan fingerprint density at radius 3 is 2.92 bits per heavy atom. The van der Waals surface area contributed by atoms with Crippen LogP contribution in [0.1, 0.15) is 31.4 Å². The number of aromatic nitrogens is 3. The molecule has 1 aliphatic heterocycles. The van der Waals surface area contributed by atoms with Crippen LogP contribution >= 0.6 is 11.6 Å². The van der Waals surface area contributed by atoms with E-state index in [-0.39, 0.29) is 17.4 Å². The van der Waals surface area contributed by atoms with Crippen molar-refractivity contribution in [2.45, 2.75) is 38.8 Å². The number of hydrogen-bond acceptors (Lipinski definition) is 4. The molecule has 0 aliphatic carbocycles. The molecule has 3 rings (SSSR count). The van der Waals surface area contributed by atoms with Crippen molar-refractivity contribution in [3.8, 4) is 5.75 Å². The smallest absolute Gasteiger partial charge is 0.243 e. The third-order valence-electron chi connectivity index (χ3n) is 4.13. The van der Waals surface area contributed by atoms with E-state index < -0.39 is 0 Å². The van der Waals surface area contributed by atoms with Crippen molar-refractivity contribution < 1.29 is 9.53 Å². The molecule has 128 valence electrons. The van der Waals surface area contributed by atoms with Crippen molar-refractivity contribution in [2.75, 3.05) is 10.8 Å². The Kier molecular flexibility index (Phi) is 4.49. The van der Waals surface area contributed by atoms with Crippen LogP contribution < -0.4 is 9.64 Å². The second kappa shape index (κ2) is 6.43. The fourth-order valence-electron chi connectivity index (χ4n) is 2.82. The molecule has 0 saturated carbocycles. The van der Waals surface area contributed by atoms with Gasteiger partial charge >= 0.3 is 0 Å². The maximum atomic E-state index is 12.2. The van der Waals surface area contributed by atoms with Crippen LogP contribution in [0.15, 0.2) is 24.4 Å². The van der Waals surface area contributed by atoms with E-state index in [1.807, 2.05) is 12.1 Å². The zero-order chi connectivity index (χ0) is 17.3. The summed E-state index contributed by atoms with van der Waals surface area (Å²) in [7, 11) is 1.76. The second-order valence-corrected chi connectivity index (χ2v) is 6.94. The van der Waals surface area contributed by atoms with Crippen LogP contribution in [0.2, 0.25) is 0 Å². The molecule has 2 heterocycles. The Labute approximate surface area is 146 Å². The molecule has 0 bridgehead atoms. The van der Waals surface area contributed by atoms with Crippen LogP contribution in [0.4, 0.5) is 5.82 Å². The predicted octanol–water partition coefficient (Wildman–Crippen LogP) is 2.69. The molecule has 2 aromatic rings. The van der Waals surface area contributed by atoms with E-state index in [9.17, 15) is 4.79 Å². The van der Waals surface area contributed by atoms with Gasteiger partial charge in [-0.3, -0.25) is 14.4 Å². The molecule has 1 aliphatic rings. The maximum absolute atomic E-state index is 12.2. The van der Waals surface area contributed by atoms with E-state index in [1.54, 1.807) is 22.8 Å². The van der Waals surface area contributed by atoms with Gasteiger partial charge in [-0.05, 0) is 43.9 Å². The van der Waals surface area contributed by atoms with Crippen molar-refractivity contribution in [3.63, 3.8) is 0 Å². The molecule has 24 heavy (non-hydrogen) atoms. The molecule has 0 spiro atoms. The maximum Gasteiger partial charge on any atom is 0.243 e. The average Bonchev–Trinajstić information content (AvgIpc) is 2.97. The summed E-state index contributed by atoms with van der Waals surface area (Å²) in [6, 6.07) is 6.05. The summed E-state index contributed by atoms with van der Waals surface area (Å²) < 4.78 is 7.57. The molecule has 0 N–H and O–H groups in total. The third-order valence-corrected chi connectivity index (χ3v) is 4.36. The minimum atomic E-state index is -0.202. The highest BCUT2D eigenvalue weighted by atomic mass is 35.5. The van der Waals surface area contributed by atoms with Crippen LogP contribution in [0, 0.1) is 0 Å². The fourth-order valence-corrected chi connectivity index (χ4v) is 2.97. The van der Waals surface area contributed by atoms with Crippen LogP contribution in [0.5, 0.6) is 5.75 Å². The zero-order valence-corrected chi connectivity index (χ0v) is 14.9. The quantitative estimate of drug-likeness (QED) is 0.797. The number of anilines is 1. The third kappa shape index (κ3) is 3.53. The van der Waals surface area contributed by atoms with Gasteiger partial charge < -0.3 is 4.74 Å². The average molecular weight is 349 g/mol. The molecule has 1 amide bonds. The van der Waals surface area contributed by atoms with Crippen LogP contribution in [0.25, 0.3) is 0 Å². The predicted molar refractivity (Wildman–Crippen MR) is 92.4 cm³/mol. The van der Waals surface area contributed by atoms with Crippen LogP contribution in [-0.2, 0) is 24.8 Å². The van der Waals surface area contributed by atoms with E-state index in [1.165, 1.54) is 5.56 Å². The van der Waals surface area contributed by atoms with E-state index in [2.05, 4.69) is 30.2 Å². The molecule has 0 fully saturated rings. The first-order valence-corrected chi connectivity index (χ1v) is 8.45. The number of hydrogen-bond donors (Lipinski definition) is 0. The first kappa shape index (κ1) is 16.8. The molecule has 0 unspecified atom stereocenters. The molecule has 7 heteroatoms. The highest BCUT2D eigenvalue weighted by Gasteiger charge is 2.27. The highest BCUT2D eigenvalue weighted by Crippen LogP contribution is 2.33. The van der Waals surface area contributed by atoms with Crippen molar-refractivity contribution in [1.82, 2.24) is 15.0 Å². The SMILES string of the molecule is Cn1cc(N(Cc2ccc3c(c2)CCC(C)(C)O3)C(=O)CCl)nn1. The first-order chi connectivity index (χ1) is 11.4. The lowest BCUT2D eigenvalue weighted by Crippen LogP contribution is -2.33. The molecule has 6 nitrogen and oxygen atoms in total. The fraction of sp³-hybridized carbons (Fsp3) is 0.471. The van der Waals surface area contributed by atoms with E-state index in [4.69, 9.17) is 16.3 Å². The number of rotatable bonds is 4. The molecule has 1 aromatic heterocycles. The standard InChI is InChI=1S/C17H21ClN4O2/c1-17(2)7-6-13-8-12(4-5-14(13)24-17)10-22(16(23)9-18)15-11-21(3)20-19-15/h4-5,8,11H,6-7,9-10H2,1-3H3. The van der Waals surface area contributed by atoms with Crippen LogP contribution in [0.3, 0.4) is 0 Å². The largest absolute Gasteiger partial charge is 0.488 e. The van der Waals surface area contributed by atoms with Crippen LogP contribution in [-0.4, -0.2) is 32.4 Å². The van der Waals surface area contributed by atoms with Crippen molar-refractivity contribution in [3.05, 3.63) is 35.5 Å². The number of carbonyl (C=O) groups excluding carboxylic acids is 1. The van der Waals surface area contributed by atoms with Gasteiger partial charge in [0.15, 0.2) is 5.82 Å². The summed E-state index contributed by atoms with van der Waals surface area (Å²) in [4.78, 5) is 13.7. The normalized spacial score (nSPS) is 15.5. The molecule has 0 radical (unpaired) electrons. The Balaban J connectivity index is 1.84. The highest BCUT2D eigenvalue weighted by molar-refractivity contribution is 6.29. The van der Waals surface area contributed by atoms with Gasteiger partial charge in [0.25, 0.3) is 0 Å². The van der Waals surface area contributed by atoms with E-state index >= 15 is 0 Å². The lowest BCUT2D eigenvalue weighted by molar-refractivity contribution is -0.116. The lowest BCUT2D eigenvalue weighted by atomic mass is 9.93. The number of amides is 1. The Bertz CT molecular complexity index is 757. The van der Waals surface area contributed by atoms with Crippen molar-refractivity contribution in [1.29, 1.82) is 0 Å². The molecule has 0 atom stereocenters.